The minimum atomic E-state index is -0.158. The molecule has 2 aromatic carbocycles. The summed E-state index contributed by atoms with van der Waals surface area (Å²) in [4.78, 5) is 6.85. The maximum atomic E-state index is 5.96. The molecular weight excluding hydrogens is 480 g/mol. The van der Waals surface area contributed by atoms with Crippen molar-refractivity contribution in [3.05, 3.63) is 101 Å². The molecule has 190 valence electrons. The van der Waals surface area contributed by atoms with Crippen LogP contribution >= 0.6 is 12.2 Å². The van der Waals surface area contributed by atoms with Crippen molar-refractivity contribution < 1.29 is 9.47 Å². The lowest BCUT2D eigenvalue weighted by Crippen LogP contribution is -2.30. The molecule has 1 fully saturated rings. The third-order valence-corrected chi connectivity index (χ3v) is 7.31. The molecule has 3 heterocycles. The second kappa shape index (κ2) is 9.90. The highest BCUT2D eigenvalue weighted by molar-refractivity contribution is 7.80. The van der Waals surface area contributed by atoms with Gasteiger partial charge < -0.3 is 24.3 Å². The highest BCUT2D eigenvalue weighted by Crippen LogP contribution is 2.47. The van der Waals surface area contributed by atoms with Crippen LogP contribution < -0.4 is 19.7 Å². The molecule has 0 bridgehead atoms. The second-order valence-corrected chi connectivity index (χ2v) is 9.93. The number of nitrogens with one attached hydrogen (secondary N) is 1. The Morgan fingerprint density at radius 2 is 1.65 bits per heavy atom. The largest absolute Gasteiger partial charge is 0.497 e. The lowest BCUT2D eigenvalue weighted by Gasteiger charge is -2.29. The molecule has 0 radical (unpaired) electrons. The lowest BCUT2D eigenvalue weighted by molar-refractivity contribution is 0.403. The van der Waals surface area contributed by atoms with Crippen LogP contribution in [0.1, 0.15) is 45.9 Å². The molecule has 2 aromatic heterocycles. The maximum Gasteiger partial charge on any atom is 0.174 e. The second-order valence-electron chi connectivity index (χ2n) is 9.54. The van der Waals surface area contributed by atoms with Gasteiger partial charge in [-0.15, -0.1) is 0 Å². The summed E-state index contributed by atoms with van der Waals surface area (Å²) in [5.41, 5.74) is 8.90. The van der Waals surface area contributed by atoms with Gasteiger partial charge in [0.25, 0.3) is 0 Å². The van der Waals surface area contributed by atoms with Gasteiger partial charge in [-0.25, -0.2) is 0 Å². The number of hydrogen-bond donors (Lipinski definition) is 1. The molecule has 1 saturated heterocycles. The summed E-state index contributed by atoms with van der Waals surface area (Å²) in [6.07, 6.45) is 1.82. The topological polar surface area (TPSA) is 51.6 Å². The van der Waals surface area contributed by atoms with Crippen LogP contribution in [0, 0.1) is 27.7 Å². The van der Waals surface area contributed by atoms with Crippen molar-refractivity contribution in [2.24, 2.45) is 0 Å². The van der Waals surface area contributed by atoms with E-state index < -0.39 is 0 Å². The predicted molar refractivity (Wildman–Crippen MR) is 152 cm³/mol. The Kier molecular flexibility index (Phi) is 6.65. The number of aromatic nitrogens is 2. The first-order chi connectivity index (χ1) is 17.8. The van der Waals surface area contributed by atoms with Gasteiger partial charge in [-0.2, -0.15) is 0 Å². The van der Waals surface area contributed by atoms with E-state index in [4.69, 9.17) is 26.7 Å². The van der Waals surface area contributed by atoms with E-state index in [2.05, 4.69) is 66.7 Å². The van der Waals surface area contributed by atoms with Crippen molar-refractivity contribution in [3.8, 4) is 17.2 Å². The van der Waals surface area contributed by atoms with E-state index in [9.17, 15) is 0 Å². The fraction of sp³-hybridized carbons (Fsp3) is 0.267. The fourth-order valence-corrected chi connectivity index (χ4v) is 5.82. The summed E-state index contributed by atoms with van der Waals surface area (Å²) < 4.78 is 13.7. The summed E-state index contributed by atoms with van der Waals surface area (Å²) in [6.45, 7) is 8.61. The van der Waals surface area contributed by atoms with Crippen molar-refractivity contribution in [2.45, 2.75) is 39.8 Å². The number of benzene rings is 2. The van der Waals surface area contributed by atoms with Gasteiger partial charge in [0.05, 0.1) is 37.7 Å². The third-order valence-electron chi connectivity index (χ3n) is 7.00. The molecule has 0 unspecified atom stereocenters. The lowest BCUT2D eigenvalue weighted by atomic mass is 9.96. The Balaban J connectivity index is 1.73. The standard InChI is InChI=1S/C30H32N4O2S/c1-18-13-19(2)15-22(14-18)33-20(3)16-24(21(33)4)29-28(25-9-7-8-12-31-25)32-30(37)34(29)26-17-23(35-5)10-11-27(26)36-6/h7-17,28-29H,1-6H3,(H,32,37)/t28-,29-/m0/s1. The van der Waals surface area contributed by atoms with Crippen molar-refractivity contribution in [3.63, 3.8) is 0 Å². The van der Waals surface area contributed by atoms with E-state index in [0.717, 1.165) is 40.0 Å². The van der Waals surface area contributed by atoms with Crippen molar-refractivity contribution in [1.82, 2.24) is 14.9 Å². The van der Waals surface area contributed by atoms with Crippen LogP contribution in [0.4, 0.5) is 5.69 Å². The summed E-state index contributed by atoms with van der Waals surface area (Å²) >= 11 is 5.96. The van der Waals surface area contributed by atoms with Crippen molar-refractivity contribution in [2.75, 3.05) is 19.1 Å². The first-order valence-corrected chi connectivity index (χ1v) is 12.7. The van der Waals surface area contributed by atoms with Gasteiger partial charge in [-0.1, -0.05) is 12.1 Å². The number of hydrogen-bond acceptors (Lipinski definition) is 4. The van der Waals surface area contributed by atoms with E-state index in [1.54, 1.807) is 14.2 Å². The summed E-state index contributed by atoms with van der Waals surface area (Å²) in [7, 11) is 3.34. The number of anilines is 1. The summed E-state index contributed by atoms with van der Waals surface area (Å²) in [6, 6.07) is 20.4. The van der Waals surface area contributed by atoms with E-state index in [-0.39, 0.29) is 12.1 Å². The Hall–Kier alpha value is -3.84. The first kappa shape index (κ1) is 24.8. The highest BCUT2D eigenvalue weighted by Gasteiger charge is 2.43. The van der Waals surface area contributed by atoms with Gasteiger partial charge in [0.1, 0.15) is 11.5 Å². The quantitative estimate of drug-likeness (QED) is 0.306. The van der Waals surface area contributed by atoms with Gasteiger partial charge in [-0.3, -0.25) is 4.98 Å². The van der Waals surface area contributed by atoms with Crippen LogP contribution in [-0.2, 0) is 0 Å². The first-order valence-electron chi connectivity index (χ1n) is 12.3. The molecule has 5 rings (SSSR count). The van der Waals surface area contributed by atoms with Gasteiger partial charge in [0, 0.05) is 29.3 Å². The number of pyridine rings is 1. The number of ether oxygens (including phenoxy) is 2. The van der Waals surface area contributed by atoms with Gasteiger partial charge in [0.15, 0.2) is 5.11 Å². The molecule has 0 amide bonds. The molecular formula is C30H32N4O2S. The Morgan fingerprint density at radius 1 is 0.892 bits per heavy atom. The summed E-state index contributed by atoms with van der Waals surface area (Å²) in [5, 5.41) is 4.17. The van der Waals surface area contributed by atoms with Crippen LogP contribution in [0.5, 0.6) is 11.5 Å². The third kappa shape index (κ3) is 4.44. The zero-order chi connectivity index (χ0) is 26.3. The van der Waals surface area contributed by atoms with E-state index in [1.807, 2.05) is 42.6 Å². The molecule has 1 aliphatic heterocycles. The Morgan fingerprint density at radius 3 is 2.30 bits per heavy atom. The van der Waals surface area contributed by atoms with E-state index >= 15 is 0 Å². The number of methoxy groups -OCH3 is 2. The van der Waals surface area contributed by atoms with Crippen LogP contribution in [0.2, 0.25) is 0 Å². The molecule has 0 saturated carbocycles. The average Bonchev–Trinajstić information content (AvgIpc) is 3.38. The maximum absolute atomic E-state index is 5.96. The van der Waals surface area contributed by atoms with Crippen molar-refractivity contribution >= 4 is 23.0 Å². The normalized spacial score (nSPS) is 17.1. The molecule has 0 aliphatic carbocycles. The molecule has 1 N–H and O–H groups in total. The average molecular weight is 513 g/mol. The minimum absolute atomic E-state index is 0.155. The minimum Gasteiger partial charge on any atom is -0.497 e. The van der Waals surface area contributed by atoms with Crippen molar-refractivity contribution in [1.29, 1.82) is 0 Å². The molecule has 2 atom stereocenters. The number of aryl methyl sites for hydroxylation is 3. The van der Waals surface area contributed by atoms with Gasteiger partial charge >= 0.3 is 0 Å². The molecule has 4 aromatic rings. The predicted octanol–water partition coefficient (Wildman–Crippen LogP) is 6.30. The molecule has 37 heavy (non-hydrogen) atoms. The molecule has 6 nitrogen and oxygen atoms in total. The number of nitrogens with zero attached hydrogens (tertiary/aromatic N) is 3. The Labute approximate surface area is 223 Å². The zero-order valence-corrected chi connectivity index (χ0v) is 22.9. The van der Waals surface area contributed by atoms with Crippen LogP contribution in [-0.4, -0.2) is 28.9 Å². The van der Waals surface area contributed by atoms with E-state index in [0.29, 0.717) is 5.11 Å². The zero-order valence-electron chi connectivity index (χ0n) is 22.1. The smallest absolute Gasteiger partial charge is 0.174 e. The fourth-order valence-electron chi connectivity index (χ4n) is 5.48. The van der Waals surface area contributed by atoms with Crippen LogP contribution in [0.15, 0.2) is 66.9 Å². The molecule has 0 spiro atoms. The van der Waals surface area contributed by atoms with Gasteiger partial charge in [0.2, 0.25) is 0 Å². The Bertz CT molecular complexity index is 1440. The van der Waals surface area contributed by atoms with Crippen LogP contribution in [0.3, 0.4) is 0 Å². The van der Waals surface area contributed by atoms with Crippen LogP contribution in [0.25, 0.3) is 5.69 Å². The number of rotatable bonds is 6. The molecule has 7 heteroatoms. The monoisotopic (exact) mass is 512 g/mol. The highest BCUT2D eigenvalue weighted by atomic mass is 32.1. The SMILES string of the molecule is COc1ccc(OC)c(N2C(=S)N[C@@H](c3ccccn3)[C@@H]2c2cc(C)n(-c3cc(C)cc(C)c3)c2C)c1. The van der Waals surface area contributed by atoms with Gasteiger partial charge in [-0.05, 0) is 99.1 Å². The molecule has 1 aliphatic rings. The summed E-state index contributed by atoms with van der Waals surface area (Å²) in [5.74, 6) is 1.46. The number of thiocarbonyl (C=S) groups is 1. The van der Waals surface area contributed by atoms with E-state index in [1.165, 1.54) is 16.7 Å².